The first-order valence-electron chi connectivity index (χ1n) is 19.1. The van der Waals surface area contributed by atoms with Gasteiger partial charge in [-0.3, -0.25) is 39.1 Å². The Morgan fingerprint density at radius 1 is 0.764 bits per heavy atom. The third-order valence-electron chi connectivity index (χ3n) is 12.2. The van der Waals surface area contributed by atoms with Gasteiger partial charge >= 0.3 is 0 Å². The van der Waals surface area contributed by atoms with Gasteiger partial charge in [-0.05, 0) is 80.5 Å². The highest BCUT2D eigenvalue weighted by Gasteiger charge is 2.46. The van der Waals surface area contributed by atoms with Crippen LogP contribution in [-0.2, 0) is 9.59 Å². The van der Waals surface area contributed by atoms with Gasteiger partial charge in [0.05, 0.1) is 30.9 Å². The SMILES string of the molecule is COc1cc(OC)c2c(=O)[nH]c(-c3ccc(N4CCC(CN5C6CCC5CN(c5ccc7c(c5)C(=O)N(C5CCC(=O)NC5=O)C7=O)C6)CC4)cc3)nc2c1. The van der Waals surface area contributed by atoms with Gasteiger partial charge in [0.15, 0.2) is 0 Å². The normalized spacial score (nSPS) is 23.1. The van der Waals surface area contributed by atoms with E-state index in [1.54, 1.807) is 25.3 Å². The van der Waals surface area contributed by atoms with Crippen LogP contribution in [0.3, 0.4) is 0 Å². The van der Waals surface area contributed by atoms with Crippen LogP contribution in [0.25, 0.3) is 22.3 Å². The maximum absolute atomic E-state index is 13.4. The van der Waals surface area contributed by atoms with Crippen molar-refractivity contribution in [2.45, 2.75) is 56.7 Å². The fourth-order valence-corrected chi connectivity index (χ4v) is 9.28. The van der Waals surface area contributed by atoms with Gasteiger partial charge in [0.2, 0.25) is 11.8 Å². The lowest BCUT2D eigenvalue weighted by atomic mass is 9.94. The first-order valence-corrected chi connectivity index (χ1v) is 19.1. The number of carbonyl (C=O) groups is 4. The molecule has 2 bridgehead atoms. The van der Waals surface area contributed by atoms with Crippen LogP contribution in [-0.4, -0.2) is 108 Å². The Morgan fingerprint density at radius 3 is 2.16 bits per heavy atom. The molecule has 14 nitrogen and oxygen atoms in total. The molecule has 0 spiro atoms. The number of piperazine rings is 1. The Morgan fingerprint density at radius 2 is 1.47 bits per heavy atom. The third kappa shape index (κ3) is 6.18. The summed E-state index contributed by atoms with van der Waals surface area (Å²) >= 11 is 0. The molecule has 3 aromatic carbocycles. The highest BCUT2D eigenvalue weighted by Crippen LogP contribution is 2.37. The number of H-pyrrole nitrogens is 1. The third-order valence-corrected chi connectivity index (χ3v) is 12.2. The molecule has 9 rings (SSSR count). The average molecular weight is 746 g/mol. The van der Waals surface area contributed by atoms with Gasteiger partial charge in [-0.2, -0.15) is 0 Å². The van der Waals surface area contributed by atoms with Crippen molar-refractivity contribution >= 4 is 45.9 Å². The molecular formula is C41H43N7O7. The highest BCUT2D eigenvalue weighted by atomic mass is 16.5. The fraction of sp³-hybridized carbons (Fsp3) is 0.415. The monoisotopic (exact) mass is 745 g/mol. The predicted octanol–water partition coefficient (Wildman–Crippen LogP) is 3.58. The minimum absolute atomic E-state index is 0.0966. The van der Waals surface area contributed by atoms with E-state index in [4.69, 9.17) is 14.5 Å². The summed E-state index contributed by atoms with van der Waals surface area (Å²) in [5.41, 5.74) is 3.77. The van der Waals surface area contributed by atoms with Gasteiger partial charge in [0.1, 0.15) is 28.8 Å². The van der Waals surface area contributed by atoms with Crippen LogP contribution >= 0.6 is 0 Å². The van der Waals surface area contributed by atoms with Gasteiger partial charge in [-0.15, -0.1) is 0 Å². The van der Waals surface area contributed by atoms with Gasteiger partial charge in [0.25, 0.3) is 17.4 Å². The number of aromatic amines is 1. The van der Waals surface area contributed by atoms with Crippen molar-refractivity contribution in [1.29, 1.82) is 0 Å². The Kier molecular flexibility index (Phi) is 8.79. The Balaban J connectivity index is 0.812. The molecule has 4 aromatic rings. The molecule has 0 radical (unpaired) electrons. The number of aromatic nitrogens is 2. The number of hydrogen-bond acceptors (Lipinski definition) is 11. The molecule has 4 fully saturated rings. The van der Waals surface area contributed by atoms with Crippen LogP contribution in [0, 0.1) is 5.92 Å². The maximum Gasteiger partial charge on any atom is 0.262 e. The summed E-state index contributed by atoms with van der Waals surface area (Å²) in [6, 6.07) is 16.9. The number of anilines is 2. The molecule has 55 heavy (non-hydrogen) atoms. The summed E-state index contributed by atoms with van der Waals surface area (Å²) in [7, 11) is 3.09. The van der Waals surface area contributed by atoms with Gasteiger partial charge < -0.3 is 24.3 Å². The Hall–Kier alpha value is -5.76. The number of carbonyl (C=O) groups excluding carboxylic acids is 4. The van der Waals surface area contributed by atoms with Crippen LogP contribution in [0.4, 0.5) is 11.4 Å². The van der Waals surface area contributed by atoms with E-state index in [0.29, 0.717) is 57.4 Å². The first-order chi connectivity index (χ1) is 26.7. The van der Waals surface area contributed by atoms with Gasteiger partial charge in [-0.25, -0.2) is 4.98 Å². The molecule has 0 aliphatic carbocycles. The molecule has 3 atom stereocenters. The predicted molar refractivity (Wildman–Crippen MR) is 205 cm³/mol. The zero-order valence-corrected chi connectivity index (χ0v) is 30.9. The number of nitrogens with zero attached hydrogens (tertiary/aromatic N) is 5. The van der Waals surface area contributed by atoms with E-state index in [1.807, 2.05) is 24.3 Å². The molecule has 6 heterocycles. The summed E-state index contributed by atoms with van der Waals surface area (Å²) in [6.07, 6.45) is 4.72. The molecule has 284 valence electrons. The number of ether oxygens (including phenoxy) is 2. The number of hydrogen-bond donors (Lipinski definition) is 2. The van der Waals surface area contributed by atoms with Crippen LogP contribution in [0.15, 0.2) is 59.4 Å². The lowest BCUT2D eigenvalue weighted by Gasteiger charge is -2.44. The first kappa shape index (κ1) is 35.0. The topological polar surface area (TPSA) is 157 Å². The molecule has 5 aliphatic rings. The molecule has 1 aromatic heterocycles. The average Bonchev–Trinajstić information content (AvgIpc) is 3.57. The minimum Gasteiger partial charge on any atom is -0.497 e. The smallest absolute Gasteiger partial charge is 0.262 e. The number of nitrogens with one attached hydrogen (secondary N) is 2. The standard InChI is InChI=1S/C41H43N7O7/c1-54-29-18-32-36(34(19-29)55-2)39(51)44-37(42-32)24-3-5-25(6-4-24)45-15-13-23(14-16-45)20-47-27-7-8-28(47)22-46(21-27)26-9-10-30-31(17-26)41(53)48(40(30)52)33-11-12-35(49)43-38(33)50/h3-6,9-10,17-19,23,27-28,33H,7-8,11-16,20-22H2,1-2H3,(H,42,44,51)(H,43,49,50). The van der Waals surface area contributed by atoms with E-state index < -0.39 is 23.8 Å². The van der Waals surface area contributed by atoms with Crippen molar-refractivity contribution in [2.24, 2.45) is 5.92 Å². The summed E-state index contributed by atoms with van der Waals surface area (Å²) in [6.45, 7) is 4.74. The van der Waals surface area contributed by atoms with Crippen LogP contribution in [0.1, 0.15) is 59.2 Å². The lowest BCUT2D eigenvalue weighted by molar-refractivity contribution is -0.136. The minimum atomic E-state index is -0.969. The number of benzene rings is 3. The van der Waals surface area contributed by atoms with E-state index >= 15 is 0 Å². The number of rotatable bonds is 8. The van der Waals surface area contributed by atoms with E-state index in [9.17, 15) is 24.0 Å². The number of fused-ring (bicyclic) bond motifs is 4. The van der Waals surface area contributed by atoms with E-state index in [1.165, 1.54) is 7.11 Å². The van der Waals surface area contributed by atoms with Gasteiger partial charge in [0, 0.05) is 80.3 Å². The second kappa shape index (κ2) is 13.8. The fourth-order valence-electron chi connectivity index (χ4n) is 9.28. The highest BCUT2D eigenvalue weighted by molar-refractivity contribution is 6.23. The van der Waals surface area contributed by atoms with Crippen molar-refractivity contribution < 1.29 is 28.7 Å². The van der Waals surface area contributed by atoms with E-state index in [-0.39, 0.29) is 24.3 Å². The molecule has 5 aliphatic heterocycles. The Bertz CT molecular complexity index is 2270. The molecule has 3 unspecified atom stereocenters. The zero-order valence-electron chi connectivity index (χ0n) is 30.9. The van der Waals surface area contributed by atoms with Crippen molar-refractivity contribution in [3.05, 3.63) is 76.1 Å². The van der Waals surface area contributed by atoms with E-state index in [2.05, 4.69) is 37.1 Å². The molecule has 2 N–H and O–H groups in total. The number of piperidine rings is 2. The van der Waals surface area contributed by atoms with E-state index in [0.717, 1.165) is 80.2 Å². The number of methoxy groups -OCH3 is 2. The summed E-state index contributed by atoms with van der Waals surface area (Å²) < 4.78 is 10.8. The quantitative estimate of drug-likeness (QED) is 0.254. The number of imide groups is 2. The molecule has 0 saturated carbocycles. The molecule has 4 saturated heterocycles. The van der Waals surface area contributed by atoms with Crippen molar-refractivity contribution in [3.63, 3.8) is 0 Å². The lowest BCUT2D eigenvalue weighted by Crippen LogP contribution is -2.55. The zero-order chi connectivity index (χ0) is 38.0. The summed E-state index contributed by atoms with van der Waals surface area (Å²) in [5.74, 6) is 0.143. The van der Waals surface area contributed by atoms with Crippen LogP contribution in [0.5, 0.6) is 11.5 Å². The second-order valence-electron chi connectivity index (χ2n) is 15.3. The largest absolute Gasteiger partial charge is 0.497 e. The van der Waals surface area contributed by atoms with Crippen LogP contribution in [0.2, 0.25) is 0 Å². The van der Waals surface area contributed by atoms with Gasteiger partial charge in [-0.1, -0.05) is 0 Å². The van der Waals surface area contributed by atoms with Crippen LogP contribution < -0.4 is 30.1 Å². The second-order valence-corrected chi connectivity index (χ2v) is 15.3. The number of amides is 4. The molecular weight excluding hydrogens is 702 g/mol. The maximum atomic E-state index is 13.4. The Labute approximate surface area is 317 Å². The van der Waals surface area contributed by atoms with Crippen molar-refractivity contribution in [3.8, 4) is 22.9 Å². The molecule has 4 amide bonds. The summed E-state index contributed by atoms with van der Waals surface area (Å²) in [5, 5.41) is 2.65. The molecule has 14 heteroatoms. The van der Waals surface area contributed by atoms with Crippen molar-refractivity contribution in [1.82, 2.24) is 25.1 Å². The van der Waals surface area contributed by atoms with Crippen molar-refractivity contribution in [2.75, 3.05) is 56.7 Å². The summed E-state index contributed by atoms with van der Waals surface area (Å²) in [4.78, 5) is 80.0.